The van der Waals surface area contributed by atoms with Gasteiger partial charge >= 0.3 is 0 Å². The summed E-state index contributed by atoms with van der Waals surface area (Å²) < 4.78 is 11.5. The molecule has 1 aliphatic rings. The van der Waals surface area contributed by atoms with Crippen LogP contribution in [0.5, 0.6) is 5.75 Å². The molecule has 0 saturated carbocycles. The van der Waals surface area contributed by atoms with Crippen LogP contribution in [-0.4, -0.2) is 63.6 Å². The molecule has 6 nitrogen and oxygen atoms in total. The van der Waals surface area contributed by atoms with Gasteiger partial charge in [0.05, 0.1) is 13.2 Å². The van der Waals surface area contributed by atoms with Crippen molar-refractivity contribution < 1.29 is 9.47 Å². The van der Waals surface area contributed by atoms with Crippen molar-refractivity contribution in [2.75, 3.05) is 52.8 Å². The maximum atomic E-state index is 6.09. The van der Waals surface area contributed by atoms with E-state index in [1.54, 1.807) is 18.8 Å². The van der Waals surface area contributed by atoms with Crippen LogP contribution in [0.2, 0.25) is 0 Å². The Balaban J connectivity index is 1.50. The summed E-state index contributed by atoms with van der Waals surface area (Å²) in [6.07, 6.45) is 2.11. The lowest BCUT2D eigenvalue weighted by atomic mass is 10.1. The van der Waals surface area contributed by atoms with Gasteiger partial charge in [-0.2, -0.15) is 0 Å². The van der Waals surface area contributed by atoms with E-state index in [1.807, 2.05) is 18.2 Å². The van der Waals surface area contributed by atoms with Crippen molar-refractivity contribution in [3.8, 4) is 5.75 Å². The van der Waals surface area contributed by atoms with E-state index in [0.29, 0.717) is 13.2 Å². The predicted molar refractivity (Wildman–Crippen MR) is 129 cm³/mol. The number of thioether (sulfide) groups is 1. The lowest BCUT2D eigenvalue weighted by molar-refractivity contribution is 0.0322. The Hall–Kier alpha value is -2.22. The van der Waals surface area contributed by atoms with Crippen LogP contribution in [0.25, 0.3) is 0 Å². The number of hydrogen-bond acceptors (Lipinski definition) is 5. The van der Waals surface area contributed by atoms with Gasteiger partial charge in [-0.3, -0.25) is 9.89 Å². The largest absolute Gasteiger partial charge is 0.492 e. The van der Waals surface area contributed by atoms with Gasteiger partial charge in [-0.15, -0.1) is 11.8 Å². The molecule has 0 radical (unpaired) electrons. The van der Waals surface area contributed by atoms with E-state index in [9.17, 15) is 0 Å². The minimum absolute atomic E-state index is 0.649. The van der Waals surface area contributed by atoms with Crippen LogP contribution < -0.4 is 15.4 Å². The maximum Gasteiger partial charge on any atom is 0.191 e. The van der Waals surface area contributed by atoms with Crippen molar-refractivity contribution in [1.82, 2.24) is 15.5 Å². The first-order valence-corrected chi connectivity index (χ1v) is 12.0. The Morgan fingerprint density at radius 2 is 1.84 bits per heavy atom. The first kappa shape index (κ1) is 23.4. The highest BCUT2D eigenvalue weighted by molar-refractivity contribution is 7.98. The molecule has 0 amide bonds. The Bertz CT molecular complexity index is 853. The minimum atomic E-state index is 0.649. The highest BCUT2D eigenvalue weighted by atomic mass is 32.2. The van der Waals surface area contributed by atoms with E-state index in [4.69, 9.17) is 9.47 Å². The molecule has 7 heteroatoms. The molecule has 0 atom stereocenters. The molecule has 0 spiro atoms. The van der Waals surface area contributed by atoms with E-state index in [1.165, 1.54) is 16.0 Å². The summed E-state index contributed by atoms with van der Waals surface area (Å²) in [6.45, 7) is 8.68. The third-order valence-corrected chi connectivity index (χ3v) is 6.12. The van der Waals surface area contributed by atoms with Crippen LogP contribution in [0.3, 0.4) is 0 Å². The summed E-state index contributed by atoms with van der Waals surface area (Å²) in [6, 6.07) is 14.7. The Morgan fingerprint density at radius 3 is 2.58 bits per heavy atom. The van der Waals surface area contributed by atoms with E-state index in [-0.39, 0.29) is 0 Å². The third kappa shape index (κ3) is 7.45. The average Bonchev–Trinajstić information content (AvgIpc) is 2.81. The van der Waals surface area contributed by atoms with Gasteiger partial charge in [-0.25, -0.2) is 0 Å². The summed E-state index contributed by atoms with van der Waals surface area (Å²) in [5.41, 5.74) is 3.67. The van der Waals surface area contributed by atoms with Crippen molar-refractivity contribution >= 4 is 17.7 Å². The lowest BCUT2D eigenvalue weighted by Gasteiger charge is -2.26. The Morgan fingerprint density at radius 1 is 1.10 bits per heavy atom. The summed E-state index contributed by atoms with van der Waals surface area (Å²) >= 11 is 1.77. The summed E-state index contributed by atoms with van der Waals surface area (Å²) in [7, 11) is 1.80. The van der Waals surface area contributed by atoms with E-state index < -0.39 is 0 Å². The lowest BCUT2D eigenvalue weighted by Crippen LogP contribution is -2.38. The number of rotatable bonds is 9. The molecule has 2 aromatic carbocycles. The summed E-state index contributed by atoms with van der Waals surface area (Å²) in [5, 5.41) is 6.83. The molecule has 1 heterocycles. The predicted octanol–water partition coefficient (Wildman–Crippen LogP) is 3.29. The Labute approximate surface area is 190 Å². The van der Waals surface area contributed by atoms with Crippen molar-refractivity contribution in [1.29, 1.82) is 0 Å². The Kier molecular flexibility index (Phi) is 9.52. The van der Waals surface area contributed by atoms with Crippen LogP contribution in [0.4, 0.5) is 0 Å². The van der Waals surface area contributed by atoms with Gasteiger partial charge in [0, 0.05) is 50.2 Å². The zero-order chi connectivity index (χ0) is 21.9. The van der Waals surface area contributed by atoms with Gasteiger partial charge < -0.3 is 20.1 Å². The molecule has 1 aliphatic heterocycles. The smallest absolute Gasteiger partial charge is 0.191 e. The van der Waals surface area contributed by atoms with Crippen LogP contribution in [0.1, 0.15) is 16.7 Å². The highest BCUT2D eigenvalue weighted by Gasteiger charge is 2.11. The molecule has 2 aromatic rings. The second-order valence-electron chi connectivity index (χ2n) is 7.50. The first-order chi connectivity index (χ1) is 15.2. The van der Waals surface area contributed by atoms with Gasteiger partial charge in [-0.05, 0) is 36.4 Å². The van der Waals surface area contributed by atoms with E-state index >= 15 is 0 Å². The molecule has 0 unspecified atom stereocenters. The fourth-order valence-corrected chi connectivity index (χ4v) is 4.18. The zero-order valence-corrected chi connectivity index (χ0v) is 19.6. The van der Waals surface area contributed by atoms with E-state index in [2.05, 4.69) is 58.0 Å². The van der Waals surface area contributed by atoms with Gasteiger partial charge in [-0.1, -0.05) is 30.3 Å². The van der Waals surface area contributed by atoms with Crippen molar-refractivity contribution in [2.24, 2.45) is 4.99 Å². The molecule has 0 bridgehead atoms. The van der Waals surface area contributed by atoms with Gasteiger partial charge in [0.1, 0.15) is 12.4 Å². The normalized spacial score (nSPS) is 15.0. The number of benzene rings is 2. The molecule has 168 valence electrons. The molecule has 0 aromatic heterocycles. The third-order valence-electron chi connectivity index (χ3n) is 5.30. The molecule has 0 aliphatic carbocycles. The van der Waals surface area contributed by atoms with Crippen LogP contribution in [0.15, 0.2) is 52.4 Å². The maximum absolute atomic E-state index is 6.09. The number of guanidine groups is 1. The number of nitrogens with one attached hydrogen (secondary N) is 2. The molecule has 31 heavy (non-hydrogen) atoms. The van der Waals surface area contributed by atoms with Gasteiger partial charge in [0.25, 0.3) is 0 Å². The van der Waals surface area contributed by atoms with Crippen LogP contribution in [0, 0.1) is 6.92 Å². The molecule has 1 saturated heterocycles. The second kappa shape index (κ2) is 12.6. The fraction of sp³-hybridized carbons (Fsp3) is 0.458. The molecular formula is C24H34N4O2S. The number of morpholine rings is 1. The number of nitrogens with zero attached hydrogens (tertiary/aromatic N) is 2. The minimum Gasteiger partial charge on any atom is -0.492 e. The first-order valence-electron chi connectivity index (χ1n) is 10.8. The van der Waals surface area contributed by atoms with Crippen molar-refractivity contribution in [3.05, 3.63) is 59.2 Å². The number of para-hydroxylation sites is 1. The van der Waals surface area contributed by atoms with Crippen molar-refractivity contribution in [2.45, 2.75) is 24.9 Å². The van der Waals surface area contributed by atoms with Gasteiger partial charge in [0.2, 0.25) is 0 Å². The molecule has 3 rings (SSSR count). The topological polar surface area (TPSA) is 58.1 Å². The fourth-order valence-electron chi connectivity index (χ4n) is 3.48. The second-order valence-corrected chi connectivity index (χ2v) is 8.35. The molecule has 1 fully saturated rings. The number of aliphatic imine (C=N–C) groups is 1. The standard InChI is InChI=1S/C24H34N4O2S/c1-19-8-9-21(23(16-19)31-3)18-27-24(25-2)26-17-20-6-4-5-7-22(20)30-15-12-28-10-13-29-14-11-28/h4-9,16H,10-15,17-18H2,1-3H3,(H2,25,26,27). The summed E-state index contributed by atoms with van der Waals surface area (Å²) in [4.78, 5) is 8.05. The molecule has 2 N–H and O–H groups in total. The van der Waals surface area contributed by atoms with Crippen LogP contribution >= 0.6 is 11.8 Å². The summed E-state index contributed by atoms with van der Waals surface area (Å²) in [5.74, 6) is 1.69. The molecular weight excluding hydrogens is 408 g/mol. The highest BCUT2D eigenvalue weighted by Crippen LogP contribution is 2.22. The number of aryl methyl sites for hydroxylation is 1. The van der Waals surface area contributed by atoms with Crippen molar-refractivity contribution in [3.63, 3.8) is 0 Å². The average molecular weight is 443 g/mol. The van der Waals surface area contributed by atoms with Crippen LogP contribution in [-0.2, 0) is 17.8 Å². The zero-order valence-electron chi connectivity index (χ0n) is 18.8. The number of ether oxygens (including phenoxy) is 2. The van der Waals surface area contributed by atoms with Gasteiger partial charge in [0.15, 0.2) is 5.96 Å². The monoisotopic (exact) mass is 442 g/mol. The SMILES string of the molecule is CN=C(NCc1ccccc1OCCN1CCOCC1)NCc1ccc(C)cc1SC. The van der Waals surface area contributed by atoms with E-state index in [0.717, 1.165) is 56.7 Å². The number of hydrogen-bond donors (Lipinski definition) is 2. The quantitative estimate of drug-likeness (QED) is 0.353.